The predicted molar refractivity (Wildman–Crippen MR) is 79.7 cm³/mol. The van der Waals surface area contributed by atoms with Crippen LogP contribution in [0.1, 0.15) is 33.3 Å². The molecule has 0 aliphatic carbocycles. The summed E-state index contributed by atoms with van der Waals surface area (Å²) in [7, 11) is 1.70. The van der Waals surface area contributed by atoms with Gasteiger partial charge in [0.2, 0.25) is 0 Å². The first-order chi connectivity index (χ1) is 8.92. The molecule has 108 valence electrons. The van der Waals surface area contributed by atoms with Gasteiger partial charge in [0.25, 0.3) is 0 Å². The molecular weight excluding hydrogens is 238 g/mol. The zero-order valence-electron chi connectivity index (χ0n) is 12.7. The summed E-state index contributed by atoms with van der Waals surface area (Å²) in [5.74, 6) is 1.33. The molecule has 1 aromatic rings. The number of hydrogen-bond donors (Lipinski definition) is 2. The molecule has 1 atom stereocenters. The number of aliphatic hydroxyl groups is 1. The molecule has 0 saturated heterocycles. The van der Waals surface area contributed by atoms with E-state index in [2.05, 4.69) is 39.1 Å². The zero-order valence-corrected chi connectivity index (χ0v) is 12.7. The maximum Gasteiger partial charge on any atom is 0.122 e. The van der Waals surface area contributed by atoms with Crippen molar-refractivity contribution in [2.45, 2.75) is 39.2 Å². The molecule has 0 aliphatic rings. The summed E-state index contributed by atoms with van der Waals surface area (Å²) in [5, 5.41) is 12.8. The molecule has 1 unspecified atom stereocenters. The van der Waals surface area contributed by atoms with Gasteiger partial charge in [0.15, 0.2) is 0 Å². The van der Waals surface area contributed by atoms with Crippen LogP contribution in [0.2, 0.25) is 0 Å². The Hall–Kier alpha value is -1.06. The van der Waals surface area contributed by atoms with Crippen molar-refractivity contribution < 1.29 is 9.84 Å². The summed E-state index contributed by atoms with van der Waals surface area (Å²) in [6, 6.07) is 8.24. The van der Waals surface area contributed by atoms with Crippen LogP contribution in [-0.2, 0) is 5.41 Å². The van der Waals surface area contributed by atoms with Crippen LogP contribution < -0.4 is 10.1 Å². The smallest absolute Gasteiger partial charge is 0.122 e. The van der Waals surface area contributed by atoms with Crippen LogP contribution in [0.4, 0.5) is 0 Å². The van der Waals surface area contributed by atoms with Gasteiger partial charge in [0, 0.05) is 23.6 Å². The highest BCUT2D eigenvalue weighted by Gasteiger charge is 2.25. The fraction of sp³-hybridized carbons (Fsp3) is 0.625. The topological polar surface area (TPSA) is 41.5 Å². The van der Waals surface area contributed by atoms with Crippen molar-refractivity contribution in [3.63, 3.8) is 0 Å². The first-order valence-corrected chi connectivity index (χ1v) is 6.90. The second kappa shape index (κ2) is 6.92. The maximum atomic E-state index is 9.38. The Morgan fingerprint density at radius 1 is 1.26 bits per heavy atom. The average Bonchev–Trinajstić information content (AvgIpc) is 2.38. The minimum Gasteiger partial charge on any atom is -0.496 e. The summed E-state index contributed by atoms with van der Waals surface area (Å²) in [6.45, 7) is 9.57. The van der Waals surface area contributed by atoms with E-state index >= 15 is 0 Å². The molecule has 1 aromatic carbocycles. The fourth-order valence-corrected chi connectivity index (χ4v) is 2.20. The second-order valence-electron chi connectivity index (χ2n) is 6.00. The molecule has 0 bridgehead atoms. The van der Waals surface area contributed by atoms with Crippen LogP contribution in [0.5, 0.6) is 5.75 Å². The molecule has 0 saturated carbocycles. The third kappa shape index (κ3) is 4.22. The zero-order chi connectivity index (χ0) is 14.5. The average molecular weight is 265 g/mol. The Balaban J connectivity index is 2.80. The van der Waals surface area contributed by atoms with Crippen molar-refractivity contribution in [1.82, 2.24) is 5.32 Å². The number of methoxy groups -OCH3 is 1. The van der Waals surface area contributed by atoms with Crippen molar-refractivity contribution >= 4 is 0 Å². The van der Waals surface area contributed by atoms with Crippen LogP contribution in [0.15, 0.2) is 24.3 Å². The lowest BCUT2D eigenvalue weighted by molar-refractivity contribution is 0.204. The van der Waals surface area contributed by atoms with E-state index in [0.29, 0.717) is 5.92 Å². The van der Waals surface area contributed by atoms with Crippen LogP contribution in [0.25, 0.3) is 0 Å². The van der Waals surface area contributed by atoms with E-state index < -0.39 is 0 Å². The normalized spacial score (nSPS) is 13.6. The summed E-state index contributed by atoms with van der Waals surface area (Å²) in [4.78, 5) is 0. The first kappa shape index (κ1) is 16.0. The van der Waals surface area contributed by atoms with Gasteiger partial charge in [0.1, 0.15) is 5.75 Å². The molecule has 0 radical (unpaired) electrons. The van der Waals surface area contributed by atoms with E-state index in [1.54, 1.807) is 7.11 Å². The summed E-state index contributed by atoms with van der Waals surface area (Å²) in [5.41, 5.74) is 1.14. The third-order valence-corrected chi connectivity index (χ3v) is 3.64. The highest BCUT2D eigenvalue weighted by molar-refractivity contribution is 5.39. The van der Waals surface area contributed by atoms with Crippen molar-refractivity contribution in [2.24, 2.45) is 5.92 Å². The van der Waals surface area contributed by atoms with Crippen LogP contribution in [0.3, 0.4) is 0 Å². The molecule has 0 aliphatic heterocycles. The largest absolute Gasteiger partial charge is 0.496 e. The Morgan fingerprint density at radius 2 is 1.89 bits per heavy atom. The van der Waals surface area contributed by atoms with Crippen LogP contribution >= 0.6 is 0 Å². The lowest BCUT2D eigenvalue weighted by atomic mass is 9.83. The third-order valence-electron chi connectivity index (χ3n) is 3.64. The monoisotopic (exact) mass is 265 g/mol. The molecule has 2 N–H and O–H groups in total. The molecule has 0 fully saturated rings. The van der Waals surface area contributed by atoms with E-state index in [-0.39, 0.29) is 18.1 Å². The quantitative estimate of drug-likeness (QED) is 0.796. The lowest BCUT2D eigenvalue weighted by Gasteiger charge is -2.30. The van der Waals surface area contributed by atoms with E-state index in [9.17, 15) is 5.11 Å². The van der Waals surface area contributed by atoms with Gasteiger partial charge in [-0.2, -0.15) is 0 Å². The second-order valence-corrected chi connectivity index (χ2v) is 6.00. The van der Waals surface area contributed by atoms with Crippen LogP contribution in [-0.4, -0.2) is 31.4 Å². The predicted octanol–water partition coefficient (Wildman–Crippen LogP) is 2.58. The van der Waals surface area contributed by atoms with Gasteiger partial charge in [-0.3, -0.25) is 0 Å². The Bertz CT molecular complexity index is 388. The Labute approximate surface area is 117 Å². The number of benzene rings is 1. The minimum absolute atomic E-state index is 0.0467. The molecular formula is C16H27NO2. The van der Waals surface area contributed by atoms with E-state index in [0.717, 1.165) is 12.3 Å². The molecule has 3 nitrogen and oxygen atoms in total. The first-order valence-electron chi connectivity index (χ1n) is 6.90. The van der Waals surface area contributed by atoms with Gasteiger partial charge >= 0.3 is 0 Å². The highest BCUT2D eigenvalue weighted by Crippen LogP contribution is 2.31. The standard InChI is InChI=1S/C16H27NO2/c1-12(2)14(10-18)17-11-16(3,4)13-8-6-7-9-15(13)19-5/h6-9,12,14,17-18H,10-11H2,1-5H3. The van der Waals surface area contributed by atoms with Gasteiger partial charge in [-0.25, -0.2) is 0 Å². The molecule has 1 rings (SSSR count). The molecule has 19 heavy (non-hydrogen) atoms. The lowest BCUT2D eigenvalue weighted by Crippen LogP contribution is -2.43. The number of nitrogens with one attached hydrogen (secondary N) is 1. The van der Waals surface area contributed by atoms with E-state index in [4.69, 9.17) is 4.74 Å². The SMILES string of the molecule is COc1ccccc1C(C)(C)CNC(CO)C(C)C. The van der Waals surface area contributed by atoms with Gasteiger partial charge in [-0.15, -0.1) is 0 Å². The highest BCUT2D eigenvalue weighted by atomic mass is 16.5. The Morgan fingerprint density at radius 3 is 2.42 bits per heavy atom. The molecule has 0 heterocycles. The molecule has 0 amide bonds. The number of aliphatic hydroxyl groups excluding tert-OH is 1. The van der Waals surface area contributed by atoms with Crippen LogP contribution in [0, 0.1) is 5.92 Å². The van der Waals surface area contributed by atoms with Gasteiger partial charge in [0.05, 0.1) is 13.7 Å². The summed E-state index contributed by atoms with van der Waals surface area (Å²) < 4.78 is 5.44. The summed E-state index contributed by atoms with van der Waals surface area (Å²) >= 11 is 0. The number of para-hydroxylation sites is 1. The molecule has 0 spiro atoms. The van der Waals surface area contributed by atoms with Crippen molar-refractivity contribution in [2.75, 3.05) is 20.3 Å². The minimum atomic E-state index is -0.0467. The van der Waals surface area contributed by atoms with Gasteiger partial charge in [-0.1, -0.05) is 45.9 Å². The summed E-state index contributed by atoms with van der Waals surface area (Å²) in [6.07, 6.45) is 0. The fourth-order valence-electron chi connectivity index (χ4n) is 2.20. The maximum absolute atomic E-state index is 9.38. The molecule has 0 aromatic heterocycles. The van der Waals surface area contributed by atoms with E-state index in [1.807, 2.05) is 18.2 Å². The van der Waals surface area contributed by atoms with Gasteiger partial charge in [-0.05, 0) is 12.0 Å². The van der Waals surface area contributed by atoms with Crippen molar-refractivity contribution in [3.05, 3.63) is 29.8 Å². The molecule has 3 heteroatoms. The van der Waals surface area contributed by atoms with Crippen molar-refractivity contribution in [3.8, 4) is 5.75 Å². The Kier molecular flexibility index (Phi) is 5.83. The number of rotatable bonds is 7. The van der Waals surface area contributed by atoms with Gasteiger partial charge < -0.3 is 15.2 Å². The number of hydrogen-bond acceptors (Lipinski definition) is 3. The number of ether oxygens (including phenoxy) is 1. The van der Waals surface area contributed by atoms with Crippen molar-refractivity contribution in [1.29, 1.82) is 0 Å². The van der Waals surface area contributed by atoms with E-state index in [1.165, 1.54) is 5.56 Å².